The predicted octanol–water partition coefficient (Wildman–Crippen LogP) is 3.35. The number of carbonyl (C=O) groups excluding carboxylic acids is 1. The minimum absolute atomic E-state index is 0.0637. The normalized spacial score (nSPS) is 12.3. The van der Waals surface area contributed by atoms with Gasteiger partial charge in [-0.15, -0.1) is 11.3 Å². The van der Waals surface area contributed by atoms with Gasteiger partial charge in [0, 0.05) is 18.1 Å². The summed E-state index contributed by atoms with van der Waals surface area (Å²) >= 11 is 1.57. The molecule has 3 aromatic rings. The van der Waals surface area contributed by atoms with Gasteiger partial charge in [-0.25, -0.2) is 4.68 Å². The highest BCUT2D eigenvalue weighted by Gasteiger charge is 2.19. The number of aromatic nitrogens is 3. The van der Waals surface area contributed by atoms with E-state index in [-0.39, 0.29) is 23.4 Å². The van der Waals surface area contributed by atoms with Crippen LogP contribution in [0.3, 0.4) is 0 Å². The summed E-state index contributed by atoms with van der Waals surface area (Å²) < 4.78 is 6.59. The highest BCUT2D eigenvalue weighted by molar-refractivity contribution is 7.13. The van der Waals surface area contributed by atoms with Crippen LogP contribution in [0.25, 0.3) is 10.6 Å². The van der Waals surface area contributed by atoms with E-state index in [1.54, 1.807) is 17.4 Å². The molecule has 0 aliphatic heterocycles. The van der Waals surface area contributed by atoms with E-state index in [1.807, 2.05) is 45.2 Å². The number of nitrogens with zero attached hydrogens (tertiary/aromatic N) is 3. The van der Waals surface area contributed by atoms with Crippen LogP contribution in [0.1, 0.15) is 37.3 Å². The number of aryl methyl sites for hydroxylation is 2. The van der Waals surface area contributed by atoms with Gasteiger partial charge in [0.1, 0.15) is 11.5 Å². The Kier molecular flexibility index (Phi) is 6.64. The lowest BCUT2D eigenvalue weighted by Crippen LogP contribution is -2.44. The molecule has 1 N–H and O–H groups in total. The first-order chi connectivity index (χ1) is 13.8. The van der Waals surface area contributed by atoms with E-state index in [0.717, 1.165) is 27.6 Å². The zero-order chi connectivity index (χ0) is 21.0. The van der Waals surface area contributed by atoms with Crippen molar-refractivity contribution in [1.29, 1.82) is 0 Å². The van der Waals surface area contributed by atoms with Crippen LogP contribution in [0.2, 0.25) is 0 Å². The Morgan fingerprint density at radius 3 is 2.69 bits per heavy atom. The molecular weight excluding hydrogens is 388 g/mol. The highest BCUT2D eigenvalue weighted by Crippen LogP contribution is 2.21. The highest BCUT2D eigenvalue weighted by atomic mass is 32.1. The Hall–Kier alpha value is -2.74. The molecule has 0 radical (unpaired) electrons. The van der Waals surface area contributed by atoms with Crippen molar-refractivity contribution in [3.8, 4) is 10.6 Å². The van der Waals surface area contributed by atoms with Crippen LogP contribution in [-0.2, 0) is 17.8 Å². The van der Waals surface area contributed by atoms with E-state index < -0.39 is 0 Å². The van der Waals surface area contributed by atoms with Gasteiger partial charge >= 0.3 is 0 Å². The minimum atomic E-state index is -0.198. The summed E-state index contributed by atoms with van der Waals surface area (Å²) in [6, 6.07) is 6.98. The first-order valence-corrected chi connectivity index (χ1v) is 10.6. The maximum atomic E-state index is 12.5. The average molecular weight is 415 g/mol. The van der Waals surface area contributed by atoms with E-state index >= 15 is 0 Å². The summed E-state index contributed by atoms with van der Waals surface area (Å²) in [7, 11) is 0. The number of amides is 1. The Balaban J connectivity index is 1.68. The number of carbonyl (C=O) groups is 1. The fourth-order valence-corrected chi connectivity index (χ4v) is 3.81. The Morgan fingerprint density at radius 1 is 1.28 bits per heavy atom. The summed E-state index contributed by atoms with van der Waals surface area (Å²) in [5.74, 6) is 0.833. The molecule has 0 aliphatic carbocycles. The van der Waals surface area contributed by atoms with Gasteiger partial charge in [0.2, 0.25) is 5.91 Å². The van der Waals surface area contributed by atoms with E-state index in [9.17, 15) is 9.59 Å². The molecule has 0 saturated heterocycles. The van der Waals surface area contributed by atoms with Crippen molar-refractivity contribution in [2.24, 2.45) is 5.92 Å². The molecular formula is C21H26N4O3S. The van der Waals surface area contributed by atoms with Crippen LogP contribution in [0.4, 0.5) is 0 Å². The molecule has 7 nitrogen and oxygen atoms in total. The van der Waals surface area contributed by atoms with Gasteiger partial charge in [0.15, 0.2) is 0 Å². The maximum absolute atomic E-state index is 12.5. The first kappa shape index (κ1) is 21.0. The molecule has 3 heterocycles. The van der Waals surface area contributed by atoms with Crippen LogP contribution >= 0.6 is 11.3 Å². The number of hydrogen-bond acceptors (Lipinski definition) is 6. The fraction of sp³-hybridized carbons (Fsp3) is 0.429. The number of rotatable bonds is 8. The molecule has 8 heteroatoms. The van der Waals surface area contributed by atoms with Gasteiger partial charge in [-0.1, -0.05) is 25.1 Å². The molecule has 0 aromatic carbocycles. The molecule has 0 unspecified atom stereocenters. The number of thiophene rings is 1. The zero-order valence-electron chi connectivity index (χ0n) is 17.1. The van der Waals surface area contributed by atoms with Gasteiger partial charge in [-0.2, -0.15) is 5.10 Å². The summed E-state index contributed by atoms with van der Waals surface area (Å²) in [5, 5.41) is 13.5. The first-order valence-electron chi connectivity index (χ1n) is 9.68. The second kappa shape index (κ2) is 9.17. The molecule has 0 aliphatic rings. The van der Waals surface area contributed by atoms with Crippen molar-refractivity contribution in [3.05, 3.63) is 57.0 Å². The van der Waals surface area contributed by atoms with Gasteiger partial charge in [0.05, 0.1) is 23.2 Å². The smallest absolute Gasteiger partial charge is 0.266 e. The monoisotopic (exact) mass is 414 g/mol. The molecule has 3 aromatic heterocycles. The van der Waals surface area contributed by atoms with Crippen molar-refractivity contribution in [3.63, 3.8) is 0 Å². The number of hydrogen-bond donors (Lipinski definition) is 1. The lowest BCUT2D eigenvalue weighted by Gasteiger charge is -2.23. The Labute approximate surface area is 173 Å². The van der Waals surface area contributed by atoms with E-state index in [4.69, 9.17) is 4.52 Å². The maximum Gasteiger partial charge on any atom is 0.266 e. The van der Waals surface area contributed by atoms with Crippen LogP contribution in [0.5, 0.6) is 0 Å². The van der Waals surface area contributed by atoms with Crippen LogP contribution in [0, 0.1) is 19.8 Å². The van der Waals surface area contributed by atoms with Crippen LogP contribution < -0.4 is 10.9 Å². The van der Waals surface area contributed by atoms with Gasteiger partial charge in [0.25, 0.3) is 5.56 Å². The molecule has 0 saturated carbocycles. The topological polar surface area (TPSA) is 90.0 Å². The second-order valence-electron chi connectivity index (χ2n) is 7.44. The van der Waals surface area contributed by atoms with Crippen LogP contribution in [-0.4, -0.2) is 26.9 Å². The van der Waals surface area contributed by atoms with Crippen molar-refractivity contribution in [2.75, 3.05) is 0 Å². The molecule has 29 heavy (non-hydrogen) atoms. The van der Waals surface area contributed by atoms with Gasteiger partial charge in [-0.3, -0.25) is 9.59 Å². The summed E-state index contributed by atoms with van der Waals surface area (Å²) in [5.41, 5.74) is 2.37. The summed E-state index contributed by atoms with van der Waals surface area (Å²) in [6.07, 6.45) is 0.910. The van der Waals surface area contributed by atoms with E-state index in [0.29, 0.717) is 19.4 Å². The largest absolute Gasteiger partial charge is 0.361 e. The molecule has 1 atom stereocenters. The van der Waals surface area contributed by atoms with Crippen molar-refractivity contribution < 1.29 is 9.32 Å². The molecule has 3 rings (SSSR count). The van der Waals surface area contributed by atoms with E-state index in [2.05, 4.69) is 15.6 Å². The third-order valence-corrected chi connectivity index (χ3v) is 5.84. The molecule has 1 amide bonds. The van der Waals surface area contributed by atoms with Gasteiger partial charge in [-0.05, 0) is 43.7 Å². The zero-order valence-corrected chi connectivity index (χ0v) is 18.0. The minimum Gasteiger partial charge on any atom is -0.361 e. The Bertz CT molecular complexity index is 1000. The van der Waals surface area contributed by atoms with Crippen molar-refractivity contribution >= 4 is 17.2 Å². The molecule has 0 bridgehead atoms. The molecule has 154 valence electrons. The second-order valence-corrected chi connectivity index (χ2v) is 8.38. The quantitative estimate of drug-likeness (QED) is 0.610. The predicted molar refractivity (Wildman–Crippen MR) is 113 cm³/mol. The standard InChI is InChI=1S/C21H26N4O3S/c1-13(2)18(22-20(26)9-7-16-14(3)24-28-15(16)4)12-25-21(27)10-8-17(23-25)19-6-5-11-29-19/h5-6,8,10-11,13,18H,7,9,12H2,1-4H3,(H,22,26)/t18-/m1/s1. The third-order valence-electron chi connectivity index (χ3n) is 4.94. The van der Waals surface area contributed by atoms with E-state index in [1.165, 1.54) is 10.7 Å². The van der Waals surface area contributed by atoms with Crippen molar-refractivity contribution in [2.45, 2.75) is 53.1 Å². The Morgan fingerprint density at radius 2 is 2.07 bits per heavy atom. The molecule has 0 spiro atoms. The lowest BCUT2D eigenvalue weighted by molar-refractivity contribution is -0.122. The number of nitrogens with one attached hydrogen (secondary N) is 1. The summed E-state index contributed by atoms with van der Waals surface area (Å²) in [6.45, 7) is 8.09. The third kappa shape index (κ3) is 5.20. The lowest BCUT2D eigenvalue weighted by atomic mass is 10.0. The van der Waals surface area contributed by atoms with Crippen molar-refractivity contribution in [1.82, 2.24) is 20.3 Å². The van der Waals surface area contributed by atoms with Gasteiger partial charge < -0.3 is 9.84 Å². The molecule has 0 fully saturated rings. The fourth-order valence-electron chi connectivity index (χ4n) is 3.12. The van der Waals surface area contributed by atoms with Crippen LogP contribution in [0.15, 0.2) is 39.0 Å². The summed E-state index contributed by atoms with van der Waals surface area (Å²) in [4.78, 5) is 25.9. The SMILES string of the molecule is Cc1noc(C)c1CCC(=O)N[C@H](Cn1nc(-c2cccs2)ccc1=O)C(C)C. The average Bonchev–Trinajstić information content (AvgIpc) is 3.32.